The quantitative estimate of drug-likeness (QED) is 0.549. The van der Waals surface area contributed by atoms with E-state index in [-0.39, 0.29) is 5.91 Å². The van der Waals surface area contributed by atoms with Gasteiger partial charge in [-0.05, 0) is 39.0 Å². The first kappa shape index (κ1) is 17.0. The van der Waals surface area contributed by atoms with Crippen LogP contribution in [0.15, 0.2) is 47.2 Å². The molecule has 0 aliphatic heterocycles. The van der Waals surface area contributed by atoms with E-state index < -0.39 is 0 Å². The second-order valence-corrected chi connectivity index (χ2v) is 6.12. The molecule has 4 rings (SSSR count). The molecule has 0 fully saturated rings. The number of rotatable bonds is 4. The number of fused-ring (bicyclic) bond motifs is 1. The van der Waals surface area contributed by atoms with E-state index in [1.54, 1.807) is 12.1 Å². The normalized spacial score (nSPS) is 11.1. The van der Waals surface area contributed by atoms with Crippen LogP contribution in [0.1, 0.15) is 28.7 Å². The summed E-state index contributed by atoms with van der Waals surface area (Å²) in [5.74, 6) is 0.808. The average molecular weight is 362 g/mol. The summed E-state index contributed by atoms with van der Waals surface area (Å²) in [6, 6.07) is 10.9. The molecular weight excluding hydrogens is 344 g/mol. The molecule has 0 N–H and O–H groups in total. The lowest BCUT2D eigenvalue weighted by Gasteiger charge is -2.09. The smallest absolute Gasteiger partial charge is 0.263 e. The number of aromatic nitrogens is 4. The van der Waals surface area contributed by atoms with Gasteiger partial charge in [-0.3, -0.25) is 9.36 Å². The number of pyridine rings is 1. The van der Waals surface area contributed by atoms with Gasteiger partial charge in [0.2, 0.25) is 5.88 Å². The molecule has 0 aliphatic carbocycles. The molecule has 7 heteroatoms. The van der Waals surface area contributed by atoms with Gasteiger partial charge in [0.05, 0.1) is 34.6 Å². The first-order valence-corrected chi connectivity index (χ1v) is 8.63. The van der Waals surface area contributed by atoms with E-state index in [1.165, 1.54) is 10.9 Å². The molecular formula is C20H18N4O3. The third-order valence-corrected chi connectivity index (χ3v) is 4.30. The number of imidazole rings is 1. The zero-order chi connectivity index (χ0) is 19.0. The predicted molar refractivity (Wildman–Crippen MR) is 99.8 cm³/mol. The minimum absolute atomic E-state index is 0.208. The Morgan fingerprint density at radius 1 is 1.22 bits per heavy atom. The van der Waals surface area contributed by atoms with Crippen molar-refractivity contribution in [3.8, 4) is 17.1 Å². The lowest BCUT2D eigenvalue weighted by Crippen LogP contribution is -2.12. The van der Waals surface area contributed by atoms with Crippen LogP contribution in [0.3, 0.4) is 0 Å². The average Bonchev–Trinajstić information content (AvgIpc) is 3.24. The highest BCUT2D eigenvalue weighted by atomic mass is 16.5. The van der Waals surface area contributed by atoms with Crippen molar-refractivity contribution in [1.82, 2.24) is 19.7 Å². The van der Waals surface area contributed by atoms with Gasteiger partial charge in [0, 0.05) is 11.6 Å². The summed E-state index contributed by atoms with van der Waals surface area (Å²) in [5.41, 5.74) is 4.02. The molecule has 0 aliphatic rings. The SMILES string of the molecule is CCOc1cc(C(=O)n2cnc3ccccc32)cc(-c2c(C)noc2C)n1. The van der Waals surface area contributed by atoms with Crippen LogP contribution in [-0.2, 0) is 0 Å². The molecule has 4 aromatic rings. The fourth-order valence-corrected chi connectivity index (χ4v) is 3.09. The van der Waals surface area contributed by atoms with Crippen molar-refractivity contribution < 1.29 is 14.1 Å². The maximum absolute atomic E-state index is 13.2. The highest BCUT2D eigenvalue weighted by molar-refractivity contribution is 6.01. The molecule has 0 radical (unpaired) electrons. The molecule has 1 aromatic carbocycles. The number of carbonyl (C=O) groups excluding carboxylic acids is 1. The number of carbonyl (C=O) groups is 1. The number of aryl methyl sites for hydroxylation is 2. The van der Waals surface area contributed by atoms with E-state index in [9.17, 15) is 4.79 Å². The van der Waals surface area contributed by atoms with E-state index in [2.05, 4.69) is 15.1 Å². The Morgan fingerprint density at radius 3 is 2.78 bits per heavy atom. The van der Waals surface area contributed by atoms with Crippen molar-refractivity contribution in [1.29, 1.82) is 0 Å². The lowest BCUT2D eigenvalue weighted by molar-refractivity contribution is 0.0963. The van der Waals surface area contributed by atoms with Gasteiger partial charge in [-0.15, -0.1) is 0 Å². The molecule has 7 nitrogen and oxygen atoms in total. The van der Waals surface area contributed by atoms with Crippen LogP contribution in [0, 0.1) is 13.8 Å². The number of nitrogens with zero attached hydrogens (tertiary/aromatic N) is 4. The van der Waals surface area contributed by atoms with Crippen LogP contribution in [0.2, 0.25) is 0 Å². The maximum Gasteiger partial charge on any atom is 0.263 e. The molecule has 27 heavy (non-hydrogen) atoms. The Balaban J connectivity index is 1.86. The van der Waals surface area contributed by atoms with Gasteiger partial charge >= 0.3 is 0 Å². The van der Waals surface area contributed by atoms with Gasteiger partial charge in [-0.2, -0.15) is 0 Å². The van der Waals surface area contributed by atoms with Crippen LogP contribution in [0.5, 0.6) is 5.88 Å². The minimum Gasteiger partial charge on any atom is -0.478 e. The first-order chi connectivity index (χ1) is 13.1. The zero-order valence-corrected chi connectivity index (χ0v) is 15.3. The van der Waals surface area contributed by atoms with Crippen molar-refractivity contribution >= 4 is 16.9 Å². The van der Waals surface area contributed by atoms with Crippen LogP contribution in [0.4, 0.5) is 0 Å². The van der Waals surface area contributed by atoms with E-state index in [1.807, 2.05) is 45.0 Å². The Morgan fingerprint density at radius 2 is 2.04 bits per heavy atom. The molecule has 136 valence electrons. The Bertz CT molecular complexity index is 1120. The summed E-state index contributed by atoms with van der Waals surface area (Å²) in [6.07, 6.45) is 1.53. The second-order valence-electron chi connectivity index (χ2n) is 6.12. The summed E-state index contributed by atoms with van der Waals surface area (Å²) >= 11 is 0. The number of ether oxygens (including phenoxy) is 1. The van der Waals surface area contributed by atoms with Crippen LogP contribution < -0.4 is 4.74 Å². The highest BCUT2D eigenvalue weighted by Gasteiger charge is 2.19. The van der Waals surface area contributed by atoms with Gasteiger partial charge in [-0.1, -0.05) is 17.3 Å². The van der Waals surface area contributed by atoms with Gasteiger partial charge in [0.15, 0.2) is 0 Å². The standard InChI is InChI=1S/C20H18N4O3/c1-4-26-18-10-14(9-16(22-18)19-12(2)23-27-13(19)3)20(25)24-11-21-15-7-5-6-8-17(15)24/h5-11H,4H2,1-3H3. The second kappa shape index (κ2) is 6.68. The molecule has 0 saturated heterocycles. The van der Waals surface area contributed by atoms with E-state index >= 15 is 0 Å². The van der Waals surface area contributed by atoms with Crippen molar-refractivity contribution in [2.75, 3.05) is 6.61 Å². The highest BCUT2D eigenvalue weighted by Crippen LogP contribution is 2.28. The Kier molecular flexibility index (Phi) is 4.19. The molecule has 0 saturated carbocycles. The van der Waals surface area contributed by atoms with Crippen molar-refractivity contribution in [2.45, 2.75) is 20.8 Å². The maximum atomic E-state index is 13.2. The monoisotopic (exact) mass is 362 g/mol. The van der Waals surface area contributed by atoms with Gasteiger partial charge in [-0.25, -0.2) is 9.97 Å². The molecule has 0 amide bonds. The summed E-state index contributed by atoms with van der Waals surface area (Å²) in [4.78, 5) is 22.0. The summed E-state index contributed by atoms with van der Waals surface area (Å²) < 4.78 is 12.4. The molecule has 3 heterocycles. The molecule has 0 bridgehead atoms. The lowest BCUT2D eigenvalue weighted by atomic mass is 10.1. The Labute approximate surface area is 155 Å². The van der Waals surface area contributed by atoms with E-state index in [4.69, 9.17) is 9.26 Å². The van der Waals surface area contributed by atoms with Gasteiger partial charge < -0.3 is 9.26 Å². The summed E-state index contributed by atoms with van der Waals surface area (Å²) in [7, 11) is 0. The summed E-state index contributed by atoms with van der Waals surface area (Å²) in [6.45, 7) is 5.97. The van der Waals surface area contributed by atoms with Gasteiger partial charge in [0.25, 0.3) is 5.91 Å². The summed E-state index contributed by atoms with van der Waals surface area (Å²) in [5, 5.41) is 3.98. The molecule has 0 spiro atoms. The van der Waals surface area contributed by atoms with Crippen LogP contribution >= 0.6 is 0 Å². The fourth-order valence-electron chi connectivity index (χ4n) is 3.09. The van der Waals surface area contributed by atoms with Crippen molar-refractivity contribution in [3.05, 3.63) is 59.7 Å². The molecule has 3 aromatic heterocycles. The van der Waals surface area contributed by atoms with Crippen LogP contribution in [0.25, 0.3) is 22.3 Å². The first-order valence-electron chi connectivity index (χ1n) is 8.63. The van der Waals surface area contributed by atoms with Crippen molar-refractivity contribution in [2.24, 2.45) is 0 Å². The Hall–Kier alpha value is -3.48. The largest absolute Gasteiger partial charge is 0.478 e. The van der Waals surface area contributed by atoms with Crippen LogP contribution in [-0.4, -0.2) is 32.2 Å². The fraction of sp³-hybridized carbons (Fsp3) is 0.200. The third kappa shape index (κ3) is 2.97. The number of hydrogen-bond acceptors (Lipinski definition) is 6. The van der Waals surface area contributed by atoms with E-state index in [0.29, 0.717) is 35.2 Å². The molecule has 0 atom stereocenters. The number of benzene rings is 1. The third-order valence-electron chi connectivity index (χ3n) is 4.30. The number of para-hydroxylation sites is 2. The predicted octanol–water partition coefficient (Wildman–Crippen LogP) is 3.79. The van der Waals surface area contributed by atoms with Gasteiger partial charge in [0.1, 0.15) is 12.1 Å². The van der Waals surface area contributed by atoms with E-state index in [0.717, 1.165) is 16.6 Å². The minimum atomic E-state index is -0.208. The van der Waals surface area contributed by atoms with Crippen molar-refractivity contribution in [3.63, 3.8) is 0 Å². The molecule has 0 unspecified atom stereocenters. The number of hydrogen-bond donors (Lipinski definition) is 0. The zero-order valence-electron chi connectivity index (χ0n) is 15.3. The topological polar surface area (TPSA) is 83.0 Å².